The highest BCUT2D eigenvalue weighted by Crippen LogP contribution is 2.17. The van der Waals surface area contributed by atoms with Gasteiger partial charge in [0.2, 0.25) is 0 Å². The molecule has 0 atom stereocenters. The van der Waals surface area contributed by atoms with Crippen LogP contribution in [0.2, 0.25) is 5.15 Å². The number of hydrogen-bond acceptors (Lipinski definition) is 2. The minimum atomic E-state index is 0.530. The Labute approximate surface area is 94.3 Å². The van der Waals surface area contributed by atoms with Crippen molar-refractivity contribution in [1.82, 2.24) is 14.6 Å². The molecule has 2 aromatic heterocycles. The number of nitrogens with zero attached hydrogens (tertiary/aromatic N) is 3. The maximum absolute atomic E-state index is 5.91. The predicted molar refractivity (Wildman–Crippen MR) is 60.2 cm³/mol. The van der Waals surface area contributed by atoms with Crippen LogP contribution in [0.4, 0.5) is 0 Å². The molecule has 0 spiro atoms. The van der Waals surface area contributed by atoms with Gasteiger partial charge in [0, 0.05) is 0 Å². The summed E-state index contributed by atoms with van der Waals surface area (Å²) in [5.41, 5.74) is 2.79. The largest absolute Gasteiger partial charge is 0.231 e. The first kappa shape index (κ1) is 9.21. The first-order valence-corrected chi connectivity index (χ1v) is 5.23. The van der Waals surface area contributed by atoms with Gasteiger partial charge in [0.15, 0.2) is 10.8 Å². The number of aromatic nitrogens is 3. The van der Waals surface area contributed by atoms with Crippen molar-refractivity contribution in [3.63, 3.8) is 0 Å². The lowest BCUT2D eigenvalue weighted by atomic mass is 10.3. The van der Waals surface area contributed by atoms with Crippen LogP contribution in [0.5, 0.6) is 0 Å². The third-order valence-corrected chi connectivity index (χ3v) is 3.45. The van der Waals surface area contributed by atoms with Crippen molar-refractivity contribution in [3.8, 4) is 0 Å². The molecule has 0 saturated carbocycles. The average Bonchev–Trinajstić information content (AvgIpc) is 2.32. The summed E-state index contributed by atoms with van der Waals surface area (Å²) < 4.78 is 2.76. The van der Waals surface area contributed by atoms with E-state index in [2.05, 4.69) is 32.7 Å². The molecule has 0 fully saturated rings. The number of fused-ring (bicyclic) bond motifs is 1. The first-order valence-electron chi connectivity index (χ1n) is 3.77. The maximum atomic E-state index is 5.91. The Balaban J connectivity index is 2.89. The van der Waals surface area contributed by atoms with Crippen LogP contribution in [0, 0.1) is 17.5 Å². The van der Waals surface area contributed by atoms with Crippen molar-refractivity contribution in [2.24, 2.45) is 0 Å². The van der Waals surface area contributed by atoms with E-state index in [9.17, 15) is 0 Å². The molecule has 0 N–H and O–H groups in total. The highest BCUT2D eigenvalue weighted by atomic mass is 127. The topological polar surface area (TPSA) is 30.2 Å². The van der Waals surface area contributed by atoms with E-state index < -0.39 is 0 Å². The molecule has 0 saturated heterocycles. The van der Waals surface area contributed by atoms with Crippen LogP contribution < -0.4 is 0 Å². The fourth-order valence-corrected chi connectivity index (χ4v) is 1.73. The summed E-state index contributed by atoms with van der Waals surface area (Å²) in [6, 6.07) is 1.94. The number of halogens is 2. The van der Waals surface area contributed by atoms with Gasteiger partial charge in [-0.15, -0.1) is 0 Å². The molecule has 3 nitrogen and oxygen atoms in total. The molecule has 0 aromatic carbocycles. The van der Waals surface area contributed by atoms with Crippen molar-refractivity contribution in [1.29, 1.82) is 0 Å². The third kappa shape index (κ3) is 1.42. The Kier molecular flexibility index (Phi) is 2.19. The van der Waals surface area contributed by atoms with Crippen LogP contribution in [-0.4, -0.2) is 14.6 Å². The fraction of sp³-hybridized carbons (Fsp3) is 0.250. The molecule has 2 rings (SSSR count). The number of aryl methyl sites for hydroxylation is 2. The van der Waals surface area contributed by atoms with E-state index in [0.29, 0.717) is 5.15 Å². The van der Waals surface area contributed by atoms with Crippen LogP contribution in [-0.2, 0) is 0 Å². The number of rotatable bonds is 0. The second-order valence-corrected chi connectivity index (χ2v) is 4.26. The molecule has 13 heavy (non-hydrogen) atoms. The zero-order valence-corrected chi connectivity index (χ0v) is 10.1. The molecule has 2 aromatic rings. The summed E-state index contributed by atoms with van der Waals surface area (Å²) in [6.45, 7) is 3.88. The fourth-order valence-electron chi connectivity index (χ4n) is 1.13. The second-order valence-electron chi connectivity index (χ2n) is 2.88. The van der Waals surface area contributed by atoms with E-state index in [1.165, 1.54) is 0 Å². The quantitative estimate of drug-likeness (QED) is 0.700. The van der Waals surface area contributed by atoms with Gasteiger partial charge in [-0.2, -0.15) is 5.10 Å². The summed E-state index contributed by atoms with van der Waals surface area (Å²) in [6.07, 6.45) is 0. The van der Waals surface area contributed by atoms with Crippen molar-refractivity contribution in [2.45, 2.75) is 13.8 Å². The summed E-state index contributed by atoms with van der Waals surface area (Å²) in [5, 5.41) is 4.74. The molecule has 68 valence electrons. The molecular formula is C8H7ClIN3. The standard InChI is InChI=1S/C8H7ClIN3/c1-4-3-6-11-5(2)8(10)13(6)12-7(4)9/h3H,1-2H3. The molecule has 0 radical (unpaired) electrons. The van der Waals surface area contributed by atoms with Gasteiger partial charge >= 0.3 is 0 Å². The molecule has 0 bridgehead atoms. The molecule has 2 heterocycles. The van der Waals surface area contributed by atoms with E-state index in [1.54, 1.807) is 4.52 Å². The Morgan fingerprint density at radius 1 is 1.46 bits per heavy atom. The van der Waals surface area contributed by atoms with Gasteiger partial charge in [-0.3, -0.25) is 0 Å². The lowest BCUT2D eigenvalue weighted by Crippen LogP contribution is -1.95. The average molecular weight is 308 g/mol. The van der Waals surface area contributed by atoms with Crippen LogP contribution >= 0.6 is 34.2 Å². The summed E-state index contributed by atoms with van der Waals surface area (Å²) >= 11 is 8.11. The lowest BCUT2D eigenvalue weighted by molar-refractivity contribution is 0.903. The minimum absolute atomic E-state index is 0.530. The summed E-state index contributed by atoms with van der Waals surface area (Å²) in [7, 11) is 0. The van der Waals surface area contributed by atoms with Gasteiger partial charge in [0.05, 0.1) is 5.69 Å². The SMILES string of the molecule is Cc1cc2nc(C)c(I)n2nc1Cl. The van der Waals surface area contributed by atoms with E-state index in [-0.39, 0.29) is 0 Å². The number of hydrogen-bond donors (Lipinski definition) is 0. The van der Waals surface area contributed by atoms with Gasteiger partial charge in [-0.1, -0.05) is 11.6 Å². The van der Waals surface area contributed by atoms with E-state index >= 15 is 0 Å². The highest BCUT2D eigenvalue weighted by Gasteiger charge is 2.08. The van der Waals surface area contributed by atoms with Crippen LogP contribution in [0.15, 0.2) is 6.07 Å². The molecule has 0 amide bonds. The van der Waals surface area contributed by atoms with E-state index in [0.717, 1.165) is 20.6 Å². The van der Waals surface area contributed by atoms with Crippen molar-refractivity contribution in [2.75, 3.05) is 0 Å². The normalized spacial score (nSPS) is 11.1. The smallest absolute Gasteiger partial charge is 0.155 e. The Morgan fingerprint density at radius 3 is 2.85 bits per heavy atom. The molecule has 0 aliphatic rings. The molecular weight excluding hydrogens is 300 g/mol. The Bertz CT molecular complexity index is 478. The Hall–Kier alpha value is -0.360. The van der Waals surface area contributed by atoms with Crippen molar-refractivity contribution < 1.29 is 0 Å². The molecule has 0 unspecified atom stereocenters. The van der Waals surface area contributed by atoms with Crippen LogP contribution in [0.1, 0.15) is 11.3 Å². The van der Waals surface area contributed by atoms with Crippen molar-refractivity contribution in [3.05, 3.63) is 26.2 Å². The maximum Gasteiger partial charge on any atom is 0.155 e. The van der Waals surface area contributed by atoms with Gasteiger partial charge in [0.25, 0.3) is 0 Å². The molecule has 0 aliphatic carbocycles. The highest BCUT2D eigenvalue weighted by molar-refractivity contribution is 14.1. The molecule has 5 heteroatoms. The summed E-state index contributed by atoms with van der Waals surface area (Å²) in [5.74, 6) is 0. The van der Waals surface area contributed by atoms with E-state index in [1.807, 2.05) is 19.9 Å². The minimum Gasteiger partial charge on any atom is -0.231 e. The second kappa shape index (κ2) is 3.09. The molecule has 0 aliphatic heterocycles. The summed E-state index contributed by atoms with van der Waals surface area (Å²) in [4.78, 5) is 4.35. The zero-order chi connectivity index (χ0) is 9.59. The van der Waals surface area contributed by atoms with Gasteiger partial charge in [-0.05, 0) is 48.1 Å². The Morgan fingerprint density at radius 2 is 2.15 bits per heavy atom. The van der Waals surface area contributed by atoms with Gasteiger partial charge in [-0.25, -0.2) is 9.50 Å². The van der Waals surface area contributed by atoms with Gasteiger partial charge in [0.1, 0.15) is 3.70 Å². The first-order chi connectivity index (χ1) is 6.09. The van der Waals surface area contributed by atoms with Crippen molar-refractivity contribution >= 4 is 39.8 Å². The number of imidazole rings is 1. The predicted octanol–water partition coefficient (Wildman–Crippen LogP) is 2.60. The van der Waals surface area contributed by atoms with Crippen LogP contribution in [0.3, 0.4) is 0 Å². The monoisotopic (exact) mass is 307 g/mol. The van der Waals surface area contributed by atoms with Gasteiger partial charge < -0.3 is 0 Å². The van der Waals surface area contributed by atoms with E-state index in [4.69, 9.17) is 11.6 Å². The lowest BCUT2D eigenvalue weighted by Gasteiger charge is -1.98. The van der Waals surface area contributed by atoms with Crippen LogP contribution in [0.25, 0.3) is 5.65 Å². The third-order valence-electron chi connectivity index (χ3n) is 1.84. The zero-order valence-electron chi connectivity index (χ0n) is 7.17.